The Labute approximate surface area is 131 Å². The van der Waals surface area contributed by atoms with Crippen molar-refractivity contribution in [1.82, 2.24) is 14.9 Å². The van der Waals surface area contributed by atoms with Crippen molar-refractivity contribution in [2.45, 2.75) is 33.2 Å². The third-order valence-electron chi connectivity index (χ3n) is 2.89. The van der Waals surface area contributed by atoms with E-state index in [0.29, 0.717) is 12.2 Å². The molecule has 0 fully saturated rings. The van der Waals surface area contributed by atoms with Gasteiger partial charge in [-0.3, -0.25) is 4.79 Å². The lowest BCUT2D eigenvalue weighted by Crippen LogP contribution is -2.27. The van der Waals surface area contributed by atoms with Crippen LogP contribution in [0.5, 0.6) is 0 Å². The summed E-state index contributed by atoms with van der Waals surface area (Å²) in [7, 11) is 0. The molecule has 6 heteroatoms. The molecule has 0 aliphatic heterocycles. The predicted octanol–water partition coefficient (Wildman–Crippen LogP) is 3.40. The van der Waals surface area contributed by atoms with Crippen LogP contribution in [0.2, 0.25) is 0 Å². The first-order chi connectivity index (χ1) is 9.60. The van der Waals surface area contributed by atoms with Crippen LogP contribution in [0, 0.1) is 6.92 Å². The van der Waals surface area contributed by atoms with Crippen LogP contribution in [0.3, 0.4) is 0 Å². The van der Waals surface area contributed by atoms with E-state index in [9.17, 15) is 4.79 Å². The summed E-state index contributed by atoms with van der Waals surface area (Å²) in [5.41, 5.74) is 1.74. The molecule has 0 saturated carbocycles. The first-order valence-electron chi connectivity index (χ1n) is 6.65. The Morgan fingerprint density at radius 1 is 1.55 bits per heavy atom. The second-order valence-corrected chi connectivity index (χ2v) is 6.58. The summed E-state index contributed by atoms with van der Waals surface area (Å²) < 4.78 is 2.91. The average molecular weight is 356 g/mol. The van der Waals surface area contributed by atoms with E-state index in [1.165, 1.54) is 0 Å². The number of halogens is 1. The van der Waals surface area contributed by atoms with Gasteiger partial charge in [0.15, 0.2) is 0 Å². The summed E-state index contributed by atoms with van der Waals surface area (Å²) in [4.78, 5) is 16.6. The first-order valence-corrected chi connectivity index (χ1v) is 8.32. The lowest BCUT2D eigenvalue weighted by Gasteiger charge is -2.08. The van der Waals surface area contributed by atoms with Crippen LogP contribution in [0.1, 0.15) is 34.5 Å². The Morgan fingerprint density at radius 2 is 2.35 bits per heavy atom. The molecule has 20 heavy (non-hydrogen) atoms. The van der Waals surface area contributed by atoms with Gasteiger partial charge in [-0.25, -0.2) is 4.98 Å². The van der Waals surface area contributed by atoms with E-state index in [-0.39, 0.29) is 5.91 Å². The molecule has 0 aliphatic rings. The first kappa shape index (κ1) is 15.3. The van der Waals surface area contributed by atoms with E-state index in [1.807, 2.05) is 29.1 Å². The number of rotatable bonds is 6. The van der Waals surface area contributed by atoms with E-state index in [0.717, 1.165) is 34.6 Å². The minimum Gasteiger partial charge on any atom is -0.350 e. The van der Waals surface area contributed by atoms with Crippen LogP contribution in [0.4, 0.5) is 0 Å². The molecule has 2 aromatic heterocycles. The van der Waals surface area contributed by atoms with Gasteiger partial charge >= 0.3 is 0 Å². The van der Waals surface area contributed by atoms with Crippen LogP contribution in [0.15, 0.2) is 22.1 Å². The van der Waals surface area contributed by atoms with Gasteiger partial charge < -0.3 is 9.88 Å². The predicted molar refractivity (Wildman–Crippen MR) is 85.3 cm³/mol. The molecule has 0 radical (unpaired) electrons. The number of thiazole rings is 1. The smallest absolute Gasteiger partial charge is 0.267 e. The van der Waals surface area contributed by atoms with Crippen molar-refractivity contribution in [3.05, 3.63) is 38.5 Å². The molecule has 0 bridgehead atoms. The third-order valence-corrected chi connectivity index (χ3v) is 4.15. The fourth-order valence-electron chi connectivity index (χ4n) is 2.01. The maximum atomic E-state index is 12.2. The number of amides is 1. The summed E-state index contributed by atoms with van der Waals surface area (Å²) >= 11 is 5.06. The lowest BCUT2D eigenvalue weighted by molar-refractivity contribution is 0.0944. The van der Waals surface area contributed by atoms with Crippen molar-refractivity contribution in [3.63, 3.8) is 0 Å². The quantitative estimate of drug-likeness (QED) is 0.862. The summed E-state index contributed by atoms with van der Waals surface area (Å²) in [5.74, 6) is -0.0314. The number of hydrogen-bond donors (Lipinski definition) is 1. The number of aryl methyl sites for hydroxylation is 2. The number of carbonyl (C=O) groups is 1. The maximum absolute atomic E-state index is 12.2. The SMILES string of the molecule is CCCn1cc(Br)cc1C(=O)NCCc1csc(C)n1. The molecule has 0 spiro atoms. The van der Waals surface area contributed by atoms with E-state index in [4.69, 9.17) is 0 Å². The van der Waals surface area contributed by atoms with E-state index in [2.05, 4.69) is 33.2 Å². The van der Waals surface area contributed by atoms with Crippen molar-refractivity contribution < 1.29 is 4.79 Å². The molecule has 0 unspecified atom stereocenters. The zero-order valence-corrected chi connectivity index (χ0v) is 14.1. The van der Waals surface area contributed by atoms with Crippen molar-refractivity contribution in [1.29, 1.82) is 0 Å². The van der Waals surface area contributed by atoms with Crippen LogP contribution in [-0.2, 0) is 13.0 Å². The highest BCUT2D eigenvalue weighted by Gasteiger charge is 2.12. The Hall–Kier alpha value is -1.14. The summed E-state index contributed by atoms with van der Waals surface area (Å²) in [6.45, 7) is 5.54. The molecule has 1 N–H and O–H groups in total. The molecule has 4 nitrogen and oxygen atoms in total. The van der Waals surface area contributed by atoms with Crippen molar-refractivity contribution in [2.75, 3.05) is 6.54 Å². The van der Waals surface area contributed by atoms with Gasteiger partial charge in [-0.2, -0.15) is 0 Å². The highest BCUT2D eigenvalue weighted by molar-refractivity contribution is 9.10. The monoisotopic (exact) mass is 355 g/mol. The van der Waals surface area contributed by atoms with Crippen LogP contribution < -0.4 is 5.32 Å². The molecular formula is C14H18BrN3OS. The Kier molecular flexibility index (Phi) is 5.37. The number of carbonyl (C=O) groups excluding carboxylic acids is 1. The standard InChI is InChI=1S/C14H18BrN3OS/c1-3-6-18-8-11(15)7-13(18)14(19)16-5-4-12-9-20-10(2)17-12/h7-9H,3-6H2,1-2H3,(H,16,19). The van der Waals surface area contributed by atoms with Gasteiger partial charge in [0.1, 0.15) is 5.69 Å². The molecule has 108 valence electrons. The molecule has 0 atom stereocenters. The molecule has 0 saturated heterocycles. The maximum Gasteiger partial charge on any atom is 0.267 e. The highest BCUT2D eigenvalue weighted by Crippen LogP contribution is 2.15. The van der Waals surface area contributed by atoms with Gasteiger partial charge in [0.25, 0.3) is 5.91 Å². The second kappa shape index (κ2) is 7.04. The molecule has 2 aromatic rings. The zero-order valence-electron chi connectivity index (χ0n) is 11.6. The number of nitrogens with one attached hydrogen (secondary N) is 1. The topological polar surface area (TPSA) is 46.9 Å². The van der Waals surface area contributed by atoms with Gasteiger partial charge in [0.05, 0.1) is 10.7 Å². The van der Waals surface area contributed by atoms with Crippen LogP contribution in [0.25, 0.3) is 0 Å². The molecular weight excluding hydrogens is 338 g/mol. The average Bonchev–Trinajstić information content (AvgIpc) is 2.96. The van der Waals surface area contributed by atoms with Gasteiger partial charge in [-0.15, -0.1) is 11.3 Å². The molecule has 2 heterocycles. The normalized spacial score (nSPS) is 10.8. The van der Waals surface area contributed by atoms with Crippen LogP contribution in [-0.4, -0.2) is 22.0 Å². The zero-order chi connectivity index (χ0) is 14.5. The Bertz CT molecular complexity index is 591. The summed E-state index contributed by atoms with van der Waals surface area (Å²) in [5, 5.41) is 6.05. The third kappa shape index (κ3) is 3.93. The fraction of sp³-hybridized carbons (Fsp3) is 0.429. The van der Waals surface area contributed by atoms with Crippen LogP contribution >= 0.6 is 27.3 Å². The fourth-order valence-corrected chi connectivity index (χ4v) is 3.12. The summed E-state index contributed by atoms with van der Waals surface area (Å²) in [6.07, 6.45) is 3.72. The van der Waals surface area contributed by atoms with Gasteiger partial charge in [-0.05, 0) is 35.3 Å². The van der Waals surface area contributed by atoms with E-state index >= 15 is 0 Å². The largest absolute Gasteiger partial charge is 0.350 e. The molecule has 0 aliphatic carbocycles. The highest BCUT2D eigenvalue weighted by atomic mass is 79.9. The molecule has 0 aromatic carbocycles. The molecule has 1 amide bonds. The Balaban J connectivity index is 1.91. The van der Waals surface area contributed by atoms with E-state index < -0.39 is 0 Å². The second-order valence-electron chi connectivity index (χ2n) is 4.60. The number of aromatic nitrogens is 2. The summed E-state index contributed by atoms with van der Waals surface area (Å²) in [6, 6.07) is 1.86. The van der Waals surface area contributed by atoms with Gasteiger partial charge in [-0.1, -0.05) is 6.92 Å². The van der Waals surface area contributed by atoms with Crippen molar-refractivity contribution in [3.8, 4) is 0 Å². The Morgan fingerprint density at radius 3 is 3.00 bits per heavy atom. The van der Waals surface area contributed by atoms with Crippen molar-refractivity contribution in [2.24, 2.45) is 0 Å². The number of nitrogens with zero attached hydrogens (tertiary/aromatic N) is 2. The van der Waals surface area contributed by atoms with Gasteiger partial charge in [0.2, 0.25) is 0 Å². The van der Waals surface area contributed by atoms with Crippen molar-refractivity contribution >= 4 is 33.2 Å². The minimum absolute atomic E-state index is 0.0314. The molecule has 2 rings (SSSR count). The van der Waals surface area contributed by atoms with E-state index in [1.54, 1.807) is 11.3 Å². The van der Waals surface area contributed by atoms with Gasteiger partial charge in [0, 0.05) is 35.6 Å². The number of hydrogen-bond acceptors (Lipinski definition) is 3. The lowest BCUT2D eigenvalue weighted by atomic mass is 10.3. The minimum atomic E-state index is -0.0314.